The van der Waals surface area contributed by atoms with Crippen LogP contribution in [0.5, 0.6) is 0 Å². The van der Waals surface area contributed by atoms with E-state index in [-0.39, 0.29) is 12.5 Å². The van der Waals surface area contributed by atoms with E-state index < -0.39 is 0 Å². The third-order valence-corrected chi connectivity index (χ3v) is 3.52. The smallest absolute Gasteiger partial charge is 0.243 e. The predicted molar refractivity (Wildman–Crippen MR) is 87.4 cm³/mol. The lowest BCUT2D eigenvalue weighted by atomic mass is 10.2. The van der Waals surface area contributed by atoms with Crippen LogP contribution in [-0.2, 0) is 4.79 Å². The molecule has 0 aliphatic carbocycles. The first kappa shape index (κ1) is 15.4. The van der Waals surface area contributed by atoms with Gasteiger partial charge in [0.1, 0.15) is 0 Å². The molecular weight excluding hydrogens is 354 g/mol. The molecule has 2 aromatic rings. The zero-order valence-electron chi connectivity index (χ0n) is 10.9. The molecule has 6 heteroatoms. The predicted octanol–water partition coefficient (Wildman–Crippen LogP) is 4.02. The molecule has 0 atom stereocenters. The Morgan fingerprint density at radius 1 is 1.24 bits per heavy atom. The van der Waals surface area contributed by atoms with E-state index in [1.165, 1.54) is 0 Å². The molecule has 0 aromatic heterocycles. The second-order valence-electron chi connectivity index (χ2n) is 4.22. The fourth-order valence-electron chi connectivity index (χ4n) is 1.64. The SMILES string of the molecule is N#Cc1ccc(Cl)c(NCC(=O)Nc2ccc(Br)cc2)c1. The number of nitriles is 1. The zero-order chi connectivity index (χ0) is 15.2. The van der Waals surface area contributed by atoms with E-state index in [1.54, 1.807) is 30.3 Å². The van der Waals surface area contributed by atoms with E-state index in [0.717, 1.165) is 4.47 Å². The van der Waals surface area contributed by atoms with E-state index in [9.17, 15) is 4.79 Å². The number of nitrogens with zero attached hydrogens (tertiary/aromatic N) is 1. The second-order valence-corrected chi connectivity index (χ2v) is 5.54. The Morgan fingerprint density at radius 3 is 2.62 bits per heavy atom. The van der Waals surface area contributed by atoms with Crippen LogP contribution in [0, 0.1) is 11.3 Å². The van der Waals surface area contributed by atoms with Crippen molar-refractivity contribution < 1.29 is 4.79 Å². The number of hydrogen-bond acceptors (Lipinski definition) is 3. The maximum atomic E-state index is 11.8. The molecule has 0 saturated heterocycles. The van der Waals surface area contributed by atoms with Gasteiger partial charge < -0.3 is 10.6 Å². The van der Waals surface area contributed by atoms with Gasteiger partial charge in [0, 0.05) is 10.2 Å². The van der Waals surface area contributed by atoms with Crippen molar-refractivity contribution in [1.82, 2.24) is 0 Å². The maximum absolute atomic E-state index is 11.8. The van der Waals surface area contributed by atoms with Crippen LogP contribution in [-0.4, -0.2) is 12.5 Å². The Hall–Kier alpha value is -2.03. The highest BCUT2D eigenvalue weighted by Gasteiger charge is 2.05. The van der Waals surface area contributed by atoms with E-state index in [2.05, 4.69) is 26.6 Å². The number of hydrogen-bond donors (Lipinski definition) is 2. The van der Waals surface area contributed by atoms with Crippen LogP contribution in [0.3, 0.4) is 0 Å². The summed E-state index contributed by atoms with van der Waals surface area (Å²) in [6, 6.07) is 14.2. The number of carbonyl (C=O) groups is 1. The van der Waals surface area contributed by atoms with Gasteiger partial charge >= 0.3 is 0 Å². The van der Waals surface area contributed by atoms with Gasteiger partial charge in [0.25, 0.3) is 0 Å². The number of halogens is 2. The molecule has 0 heterocycles. The average Bonchev–Trinajstić information content (AvgIpc) is 2.49. The molecule has 0 saturated carbocycles. The molecule has 0 fully saturated rings. The van der Waals surface area contributed by atoms with Crippen molar-refractivity contribution in [3.05, 3.63) is 57.5 Å². The minimum absolute atomic E-state index is 0.0602. The van der Waals surface area contributed by atoms with Gasteiger partial charge in [-0.25, -0.2) is 0 Å². The van der Waals surface area contributed by atoms with E-state index >= 15 is 0 Å². The standard InChI is InChI=1S/C15H11BrClN3O/c16-11-2-4-12(5-3-11)20-15(21)9-19-14-7-10(8-18)1-6-13(14)17/h1-7,19H,9H2,(H,20,21). The first-order chi connectivity index (χ1) is 10.1. The van der Waals surface area contributed by atoms with Crippen LogP contribution in [0.1, 0.15) is 5.56 Å². The summed E-state index contributed by atoms with van der Waals surface area (Å²) in [7, 11) is 0. The highest BCUT2D eigenvalue weighted by atomic mass is 79.9. The Balaban J connectivity index is 1.95. The van der Waals surface area contributed by atoms with Gasteiger partial charge in [-0.3, -0.25) is 4.79 Å². The molecule has 0 unspecified atom stereocenters. The summed E-state index contributed by atoms with van der Waals surface area (Å²) in [6.07, 6.45) is 0. The lowest BCUT2D eigenvalue weighted by molar-refractivity contribution is -0.114. The topological polar surface area (TPSA) is 64.9 Å². The van der Waals surface area contributed by atoms with Crippen molar-refractivity contribution in [1.29, 1.82) is 5.26 Å². The molecule has 21 heavy (non-hydrogen) atoms. The molecule has 0 bridgehead atoms. The van der Waals surface area contributed by atoms with Crippen molar-refractivity contribution >= 4 is 44.8 Å². The van der Waals surface area contributed by atoms with E-state index in [0.29, 0.717) is 22.0 Å². The van der Waals surface area contributed by atoms with Crippen LogP contribution in [0.4, 0.5) is 11.4 Å². The van der Waals surface area contributed by atoms with Crippen molar-refractivity contribution in [2.24, 2.45) is 0 Å². The Bertz CT molecular complexity index is 695. The maximum Gasteiger partial charge on any atom is 0.243 e. The van der Waals surface area contributed by atoms with Gasteiger partial charge in [-0.2, -0.15) is 5.26 Å². The molecule has 0 aliphatic heterocycles. The summed E-state index contributed by atoms with van der Waals surface area (Å²) < 4.78 is 0.943. The van der Waals surface area contributed by atoms with Gasteiger partial charge in [0.2, 0.25) is 5.91 Å². The molecule has 106 valence electrons. The third kappa shape index (κ3) is 4.48. The molecule has 4 nitrogen and oxygen atoms in total. The Labute approximate surface area is 135 Å². The number of anilines is 2. The average molecular weight is 365 g/mol. The molecule has 0 aliphatic rings. The molecule has 0 radical (unpaired) electrons. The number of rotatable bonds is 4. The number of benzene rings is 2. The van der Waals surface area contributed by atoms with Crippen molar-refractivity contribution in [3.8, 4) is 6.07 Å². The zero-order valence-corrected chi connectivity index (χ0v) is 13.2. The monoisotopic (exact) mass is 363 g/mol. The third-order valence-electron chi connectivity index (χ3n) is 2.66. The minimum Gasteiger partial charge on any atom is -0.375 e. The molecule has 0 spiro atoms. The minimum atomic E-state index is -0.198. The summed E-state index contributed by atoms with van der Waals surface area (Å²) in [6.45, 7) is 0.0602. The summed E-state index contributed by atoms with van der Waals surface area (Å²) in [5, 5.41) is 15.0. The normalized spacial score (nSPS) is 9.76. The van der Waals surface area contributed by atoms with Crippen LogP contribution in [0.2, 0.25) is 5.02 Å². The van der Waals surface area contributed by atoms with Crippen LogP contribution >= 0.6 is 27.5 Å². The molecule has 2 aromatic carbocycles. The molecule has 1 amide bonds. The highest BCUT2D eigenvalue weighted by Crippen LogP contribution is 2.22. The van der Waals surface area contributed by atoms with Crippen LogP contribution in [0.25, 0.3) is 0 Å². The molecule has 2 rings (SSSR count). The fraction of sp³-hybridized carbons (Fsp3) is 0.0667. The van der Waals surface area contributed by atoms with E-state index in [4.69, 9.17) is 16.9 Å². The summed E-state index contributed by atoms with van der Waals surface area (Å²) in [5.41, 5.74) is 1.75. The van der Waals surface area contributed by atoms with Gasteiger partial charge in [-0.15, -0.1) is 0 Å². The number of nitrogens with one attached hydrogen (secondary N) is 2. The summed E-state index contributed by atoms with van der Waals surface area (Å²) in [4.78, 5) is 11.8. The van der Waals surface area contributed by atoms with Gasteiger partial charge in [-0.05, 0) is 42.5 Å². The first-order valence-electron chi connectivity index (χ1n) is 6.07. The largest absolute Gasteiger partial charge is 0.375 e. The van der Waals surface area contributed by atoms with Crippen molar-refractivity contribution in [2.45, 2.75) is 0 Å². The molecular formula is C15H11BrClN3O. The highest BCUT2D eigenvalue weighted by molar-refractivity contribution is 9.10. The van der Waals surface area contributed by atoms with E-state index in [1.807, 2.05) is 18.2 Å². The summed E-state index contributed by atoms with van der Waals surface area (Å²) >= 11 is 9.33. The Kier molecular flexibility index (Phi) is 5.20. The van der Waals surface area contributed by atoms with Crippen molar-refractivity contribution in [3.63, 3.8) is 0 Å². The number of carbonyl (C=O) groups excluding carboxylic acids is 1. The molecule has 2 N–H and O–H groups in total. The van der Waals surface area contributed by atoms with Gasteiger partial charge in [-0.1, -0.05) is 27.5 Å². The lowest BCUT2D eigenvalue weighted by Gasteiger charge is -2.09. The van der Waals surface area contributed by atoms with Crippen LogP contribution < -0.4 is 10.6 Å². The van der Waals surface area contributed by atoms with Crippen molar-refractivity contribution in [2.75, 3.05) is 17.2 Å². The lowest BCUT2D eigenvalue weighted by Crippen LogP contribution is -2.21. The van der Waals surface area contributed by atoms with Gasteiger partial charge in [0.05, 0.1) is 28.9 Å². The number of amides is 1. The fourth-order valence-corrected chi connectivity index (χ4v) is 2.09. The van der Waals surface area contributed by atoms with Crippen LogP contribution in [0.15, 0.2) is 46.9 Å². The van der Waals surface area contributed by atoms with Gasteiger partial charge in [0.15, 0.2) is 0 Å². The summed E-state index contributed by atoms with van der Waals surface area (Å²) in [5.74, 6) is -0.198. The second kappa shape index (κ2) is 7.11. The first-order valence-corrected chi connectivity index (χ1v) is 7.24. The Morgan fingerprint density at radius 2 is 1.95 bits per heavy atom. The quantitative estimate of drug-likeness (QED) is 0.861.